The van der Waals surface area contributed by atoms with Crippen LogP contribution in [0.5, 0.6) is 11.5 Å². The number of para-hydroxylation sites is 2. The molecule has 1 atom stereocenters. The summed E-state index contributed by atoms with van der Waals surface area (Å²) in [4.78, 5) is 31.1. The number of methoxy groups -OCH3 is 2. The van der Waals surface area contributed by atoms with E-state index >= 15 is 0 Å². The molecule has 40 heavy (non-hydrogen) atoms. The van der Waals surface area contributed by atoms with E-state index in [1.807, 2.05) is 105 Å². The minimum absolute atomic E-state index is 0.0898. The Morgan fingerprint density at radius 2 is 1.62 bits per heavy atom. The van der Waals surface area contributed by atoms with Crippen molar-refractivity contribution < 1.29 is 19.1 Å². The Balaban J connectivity index is 1.57. The lowest BCUT2D eigenvalue weighted by atomic mass is 9.96. The van der Waals surface area contributed by atoms with Crippen molar-refractivity contribution in [2.45, 2.75) is 25.9 Å². The number of carbonyl (C=O) groups is 2. The number of carbonyl (C=O) groups excluding carboxylic acids is 2. The molecule has 0 spiro atoms. The quantitative estimate of drug-likeness (QED) is 0.264. The van der Waals surface area contributed by atoms with Gasteiger partial charge in [-0.1, -0.05) is 42.5 Å². The standard InChI is InChI=1S/C33H33N3O4/c1-23(2)35(31(37)19-16-24-11-6-5-7-12-24)22-32(38)36-28-14-9-8-13-27(28)34-20-10-15-29(34)33(36)26-21-25(39-3)17-18-30(26)40-4/h5-21,23,33H,22H2,1-4H3/b19-16+. The molecule has 0 aliphatic carbocycles. The van der Waals surface area contributed by atoms with E-state index in [9.17, 15) is 9.59 Å². The normalized spacial score (nSPS) is 14.1. The number of hydrogen-bond acceptors (Lipinski definition) is 4. The van der Waals surface area contributed by atoms with Crippen LogP contribution in [0.3, 0.4) is 0 Å². The van der Waals surface area contributed by atoms with Crippen LogP contribution in [0.15, 0.2) is 97.2 Å². The van der Waals surface area contributed by atoms with Crippen molar-refractivity contribution in [3.05, 3.63) is 114 Å². The lowest BCUT2D eigenvalue weighted by Crippen LogP contribution is -2.48. The first-order valence-electron chi connectivity index (χ1n) is 13.3. The molecule has 7 heteroatoms. The van der Waals surface area contributed by atoms with Gasteiger partial charge in [0.15, 0.2) is 0 Å². The Morgan fingerprint density at radius 3 is 2.33 bits per heavy atom. The van der Waals surface area contributed by atoms with Crippen LogP contribution in [0.1, 0.15) is 36.7 Å². The van der Waals surface area contributed by atoms with Crippen molar-refractivity contribution in [2.24, 2.45) is 0 Å². The number of rotatable bonds is 8. The van der Waals surface area contributed by atoms with Gasteiger partial charge in [-0.05, 0) is 68.0 Å². The van der Waals surface area contributed by atoms with Gasteiger partial charge in [-0.3, -0.25) is 14.5 Å². The SMILES string of the molecule is COc1ccc(OC)c(C2c3cccn3-c3ccccc3N2C(=O)CN(C(=O)/C=C/c2ccccc2)C(C)C)c1. The molecule has 0 N–H and O–H groups in total. The van der Waals surface area contributed by atoms with Crippen LogP contribution in [-0.2, 0) is 9.59 Å². The predicted molar refractivity (Wildman–Crippen MR) is 157 cm³/mol. The number of benzene rings is 3. The fraction of sp³-hybridized carbons (Fsp3) is 0.212. The van der Waals surface area contributed by atoms with Gasteiger partial charge in [0.25, 0.3) is 0 Å². The molecule has 0 fully saturated rings. The summed E-state index contributed by atoms with van der Waals surface area (Å²) in [5.74, 6) is 0.866. The van der Waals surface area contributed by atoms with Gasteiger partial charge >= 0.3 is 0 Å². The Bertz CT molecular complexity index is 1540. The molecule has 1 aromatic heterocycles. The van der Waals surface area contributed by atoms with Gasteiger partial charge in [-0.15, -0.1) is 0 Å². The number of amides is 2. The second-order valence-electron chi connectivity index (χ2n) is 9.87. The third-order valence-electron chi connectivity index (χ3n) is 7.15. The number of nitrogens with zero attached hydrogens (tertiary/aromatic N) is 3. The third-order valence-corrected chi connectivity index (χ3v) is 7.15. The number of ether oxygens (including phenoxy) is 2. The summed E-state index contributed by atoms with van der Waals surface area (Å²) in [6.07, 6.45) is 5.30. The van der Waals surface area contributed by atoms with Gasteiger partial charge in [-0.25, -0.2) is 0 Å². The lowest BCUT2D eigenvalue weighted by Gasteiger charge is -2.40. The van der Waals surface area contributed by atoms with Crippen LogP contribution in [-0.4, -0.2) is 48.1 Å². The number of fused-ring (bicyclic) bond motifs is 3. The van der Waals surface area contributed by atoms with Crippen molar-refractivity contribution in [3.63, 3.8) is 0 Å². The van der Waals surface area contributed by atoms with E-state index in [0.717, 1.165) is 28.2 Å². The maximum atomic E-state index is 14.4. The van der Waals surface area contributed by atoms with Gasteiger partial charge in [0.2, 0.25) is 11.8 Å². The Labute approximate surface area is 234 Å². The van der Waals surface area contributed by atoms with Crippen molar-refractivity contribution >= 4 is 23.6 Å². The maximum Gasteiger partial charge on any atom is 0.247 e. The minimum atomic E-state index is -0.508. The summed E-state index contributed by atoms with van der Waals surface area (Å²) in [5.41, 5.74) is 4.25. The average molecular weight is 536 g/mol. The summed E-state index contributed by atoms with van der Waals surface area (Å²) in [7, 11) is 3.23. The summed E-state index contributed by atoms with van der Waals surface area (Å²) in [6, 6.07) is 26.3. The van der Waals surface area contributed by atoms with E-state index in [2.05, 4.69) is 4.57 Å². The molecular formula is C33H33N3O4. The largest absolute Gasteiger partial charge is 0.497 e. The van der Waals surface area contributed by atoms with Crippen LogP contribution in [0.2, 0.25) is 0 Å². The van der Waals surface area contributed by atoms with Crippen LogP contribution in [0.25, 0.3) is 11.8 Å². The monoisotopic (exact) mass is 535 g/mol. The molecule has 0 radical (unpaired) electrons. The minimum Gasteiger partial charge on any atom is -0.497 e. The molecular weight excluding hydrogens is 502 g/mol. The van der Waals surface area contributed by atoms with Crippen molar-refractivity contribution in [1.82, 2.24) is 9.47 Å². The van der Waals surface area contributed by atoms with E-state index in [1.165, 1.54) is 6.08 Å². The van der Waals surface area contributed by atoms with E-state index in [0.29, 0.717) is 11.5 Å². The molecule has 2 heterocycles. The highest BCUT2D eigenvalue weighted by atomic mass is 16.5. The average Bonchev–Trinajstić information content (AvgIpc) is 3.48. The zero-order chi connectivity index (χ0) is 28.2. The van der Waals surface area contributed by atoms with Crippen LogP contribution in [0, 0.1) is 0 Å². The molecule has 1 aliphatic rings. The van der Waals surface area contributed by atoms with Crippen molar-refractivity contribution in [2.75, 3.05) is 25.7 Å². The molecule has 3 aromatic carbocycles. The molecule has 0 saturated heterocycles. The molecule has 1 unspecified atom stereocenters. The molecule has 7 nitrogen and oxygen atoms in total. The van der Waals surface area contributed by atoms with Crippen LogP contribution >= 0.6 is 0 Å². The van der Waals surface area contributed by atoms with Gasteiger partial charge in [0.1, 0.15) is 24.1 Å². The summed E-state index contributed by atoms with van der Waals surface area (Å²) < 4.78 is 13.4. The van der Waals surface area contributed by atoms with Crippen molar-refractivity contribution in [3.8, 4) is 17.2 Å². The molecule has 4 aromatic rings. The number of aromatic nitrogens is 1. The predicted octanol–water partition coefficient (Wildman–Crippen LogP) is 5.88. The fourth-order valence-corrected chi connectivity index (χ4v) is 5.17. The van der Waals surface area contributed by atoms with E-state index in [4.69, 9.17) is 9.47 Å². The lowest BCUT2D eigenvalue weighted by molar-refractivity contribution is -0.133. The molecule has 2 amide bonds. The summed E-state index contributed by atoms with van der Waals surface area (Å²) in [5, 5.41) is 0. The van der Waals surface area contributed by atoms with E-state index < -0.39 is 6.04 Å². The smallest absolute Gasteiger partial charge is 0.247 e. The maximum absolute atomic E-state index is 14.4. The second kappa shape index (κ2) is 11.5. The van der Waals surface area contributed by atoms with Crippen molar-refractivity contribution in [1.29, 1.82) is 0 Å². The van der Waals surface area contributed by atoms with Gasteiger partial charge in [0, 0.05) is 23.9 Å². The highest BCUT2D eigenvalue weighted by molar-refractivity contribution is 6.02. The topological polar surface area (TPSA) is 64.0 Å². The molecule has 5 rings (SSSR count). The summed E-state index contributed by atoms with van der Waals surface area (Å²) in [6.45, 7) is 3.74. The highest BCUT2D eigenvalue weighted by Gasteiger charge is 2.38. The second-order valence-corrected chi connectivity index (χ2v) is 9.87. The molecule has 0 saturated carbocycles. The zero-order valence-electron chi connectivity index (χ0n) is 23.2. The fourth-order valence-electron chi connectivity index (χ4n) is 5.17. The van der Waals surface area contributed by atoms with Gasteiger partial charge in [-0.2, -0.15) is 0 Å². The van der Waals surface area contributed by atoms with Crippen LogP contribution in [0.4, 0.5) is 5.69 Å². The first kappa shape index (κ1) is 26.8. The molecule has 1 aliphatic heterocycles. The van der Waals surface area contributed by atoms with E-state index in [1.54, 1.807) is 30.1 Å². The molecule has 204 valence electrons. The third kappa shape index (κ3) is 5.10. The zero-order valence-corrected chi connectivity index (χ0v) is 23.2. The molecule has 0 bridgehead atoms. The number of anilines is 1. The van der Waals surface area contributed by atoms with E-state index in [-0.39, 0.29) is 24.4 Å². The van der Waals surface area contributed by atoms with Crippen LogP contribution < -0.4 is 14.4 Å². The summed E-state index contributed by atoms with van der Waals surface area (Å²) >= 11 is 0. The highest BCUT2D eigenvalue weighted by Crippen LogP contribution is 2.45. The first-order valence-corrected chi connectivity index (χ1v) is 13.3. The van der Waals surface area contributed by atoms with Gasteiger partial charge in [0.05, 0.1) is 31.3 Å². The van der Waals surface area contributed by atoms with Gasteiger partial charge < -0.3 is 18.9 Å². The Hall–Kier alpha value is -4.78. The first-order chi connectivity index (χ1) is 19.4. The Morgan fingerprint density at radius 1 is 0.900 bits per heavy atom. The number of hydrogen-bond donors (Lipinski definition) is 0. The Kier molecular flexibility index (Phi) is 7.73.